The van der Waals surface area contributed by atoms with Gasteiger partial charge in [-0.25, -0.2) is 0 Å². The van der Waals surface area contributed by atoms with Crippen LogP contribution in [0.4, 0.5) is 0 Å². The second kappa shape index (κ2) is 24.0. The van der Waals surface area contributed by atoms with Crippen LogP contribution in [0.15, 0.2) is 169 Å². The van der Waals surface area contributed by atoms with Crippen LogP contribution in [-0.4, -0.2) is 40.8 Å². The molecule has 0 saturated carbocycles. The largest absolute Gasteiger partial charge is 0.459 e. The van der Waals surface area contributed by atoms with Crippen LogP contribution in [0.2, 0.25) is 10.0 Å². The molecular formula is C65H72Cl2N4O5. The van der Waals surface area contributed by atoms with Crippen LogP contribution >= 0.6 is 23.2 Å². The molecule has 1 amide bonds. The highest BCUT2D eigenvalue weighted by Crippen LogP contribution is 2.39. The number of carbonyl (C=O) groups is 1. The number of amidine groups is 1. The van der Waals surface area contributed by atoms with Crippen molar-refractivity contribution in [3.63, 3.8) is 0 Å². The third-order valence-electron chi connectivity index (χ3n) is 13.7. The first-order valence-corrected chi connectivity index (χ1v) is 26.6. The Morgan fingerprint density at radius 1 is 0.671 bits per heavy atom. The van der Waals surface area contributed by atoms with E-state index in [-0.39, 0.29) is 53.6 Å². The van der Waals surface area contributed by atoms with Crippen LogP contribution in [-0.2, 0) is 12.8 Å². The van der Waals surface area contributed by atoms with Gasteiger partial charge in [0.1, 0.15) is 28.5 Å². The Balaban J connectivity index is 0.000000218. The number of nitrogens with zero attached hydrogens (tertiary/aromatic N) is 2. The summed E-state index contributed by atoms with van der Waals surface area (Å²) in [5, 5.41) is 8.84. The summed E-state index contributed by atoms with van der Waals surface area (Å²) in [5.74, 6) is 2.35. The zero-order valence-electron chi connectivity index (χ0n) is 44.7. The average Bonchev–Trinajstić information content (AvgIpc) is 3.71. The number of hydrogen-bond donors (Lipinski definition) is 2. The van der Waals surface area contributed by atoms with E-state index in [2.05, 4.69) is 100 Å². The highest BCUT2D eigenvalue weighted by atomic mass is 35.5. The van der Waals surface area contributed by atoms with Crippen molar-refractivity contribution in [1.29, 1.82) is 0 Å². The van der Waals surface area contributed by atoms with E-state index < -0.39 is 5.54 Å². The van der Waals surface area contributed by atoms with Crippen molar-refractivity contribution >= 4 is 56.9 Å². The molecule has 1 aliphatic rings. The molecule has 0 saturated heterocycles. The average molecular weight is 1060 g/mol. The molecule has 2 unspecified atom stereocenters. The van der Waals surface area contributed by atoms with Gasteiger partial charge in [-0.2, -0.15) is 0 Å². The highest BCUT2D eigenvalue weighted by Gasteiger charge is 2.40. The van der Waals surface area contributed by atoms with E-state index in [0.29, 0.717) is 79.6 Å². The molecule has 0 spiro atoms. The van der Waals surface area contributed by atoms with Gasteiger partial charge in [0.15, 0.2) is 10.9 Å². The van der Waals surface area contributed by atoms with Crippen LogP contribution in [0.25, 0.3) is 21.9 Å². The molecule has 6 aromatic carbocycles. The summed E-state index contributed by atoms with van der Waals surface area (Å²) in [6, 6.07) is 46.0. The number of amides is 1. The Morgan fingerprint density at radius 2 is 1.14 bits per heavy atom. The number of aliphatic imine (C=N–C) groups is 1. The number of nitrogens with one attached hydrogen (secondary N) is 2. The number of hydrogen-bond acceptors (Lipinski definition) is 8. The van der Waals surface area contributed by atoms with Gasteiger partial charge in [0, 0.05) is 75.9 Å². The van der Waals surface area contributed by atoms with E-state index >= 15 is 0 Å². The maximum atomic E-state index is 14.0. The van der Waals surface area contributed by atoms with E-state index in [4.69, 9.17) is 37.0 Å². The molecule has 0 bridgehead atoms. The standard InChI is InChI=1S/C32H35ClN2O3.C32H33ClN2O2.CH4/c1-20(2)28(34-19-32(4,5)35-31(37)23-13-11-21(3)12-14-23)30-26(17-22-9-7-6-8-10-22)29(36)25-16-15-24(33)18-27(25)38-30;1-20(2)28(35-19-32(4,5)34-31(35)23-13-11-21(3)12-14-23)30-26(17-22-9-7-6-8-10-22)29(36)25-16-15-24(33)18-27(25)37-30;/h6-16,18,20,28,34H,17,19H2,1-5H3,(H,35,37);6-16,18,20,28H,17,19H2,1-5H3;1H4. The number of rotatable bonds is 15. The third-order valence-corrected chi connectivity index (χ3v) is 14.1. The molecule has 9 rings (SSSR count). The number of carbonyl (C=O) groups excluding carboxylic acids is 1. The molecule has 76 heavy (non-hydrogen) atoms. The minimum atomic E-state index is -0.560. The summed E-state index contributed by atoms with van der Waals surface area (Å²) in [4.78, 5) is 48.1. The lowest BCUT2D eigenvalue weighted by Gasteiger charge is -2.35. The highest BCUT2D eigenvalue weighted by molar-refractivity contribution is 6.31. The van der Waals surface area contributed by atoms with Crippen molar-refractivity contribution in [2.24, 2.45) is 16.8 Å². The lowest BCUT2D eigenvalue weighted by molar-refractivity contribution is 0.0909. The first-order valence-electron chi connectivity index (χ1n) is 25.8. The molecule has 396 valence electrons. The maximum Gasteiger partial charge on any atom is 0.251 e. The van der Waals surface area contributed by atoms with Crippen molar-refractivity contribution in [3.05, 3.63) is 232 Å². The molecule has 2 N–H and O–H groups in total. The van der Waals surface area contributed by atoms with Crippen molar-refractivity contribution in [2.45, 2.75) is 113 Å². The van der Waals surface area contributed by atoms with Crippen LogP contribution in [0, 0.1) is 25.7 Å². The van der Waals surface area contributed by atoms with Gasteiger partial charge in [-0.15, -0.1) is 0 Å². The number of aryl methyl sites for hydroxylation is 2. The van der Waals surface area contributed by atoms with Gasteiger partial charge in [-0.1, -0.05) is 167 Å². The molecule has 2 atom stereocenters. The maximum absolute atomic E-state index is 14.0. The number of fused-ring (bicyclic) bond motifs is 2. The summed E-state index contributed by atoms with van der Waals surface area (Å²) >= 11 is 12.6. The van der Waals surface area contributed by atoms with Gasteiger partial charge in [-0.3, -0.25) is 19.4 Å². The van der Waals surface area contributed by atoms with Gasteiger partial charge < -0.3 is 24.4 Å². The van der Waals surface area contributed by atoms with E-state index in [1.807, 2.05) is 93.6 Å². The molecule has 1 aliphatic heterocycles. The first-order chi connectivity index (χ1) is 35.7. The second-order valence-corrected chi connectivity index (χ2v) is 22.8. The SMILES string of the molecule is C.Cc1ccc(C(=O)NC(C)(C)CNC(c2oc3cc(Cl)ccc3c(=O)c2Cc2ccccc2)C(C)C)cc1.Cc1ccc(C2=NC(C)(C)CN2C(c2oc3cc(Cl)ccc3c(=O)c2Cc2ccccc2)C(C)C)cc1. The normalized spacial score (nSPS) is 14.0. The molecule has 2 aromatic heterocycles. The van der Waals surface area contributed by atoms with Gasteiger partial charge in [0.05, 0.1) is 28.4 Å². The smallest absolute Gasteiger partial charge is 0.251 e. The van der Waals surface area contributed by atoms with Crippen LogP contribution < -0.4 is 21.5 Å². The van der Waals surface area contributed by atoms with Crippen molar-refractivity contribution < 1.29 is 13.6 Å². The molecular weight excluding hydrogens is 988 g/mol. The third kappa shape index (κ3) is 13.4. The summed E-state index contributed by atoms with van der Waals surface area (Å²) in [6.45, 7) is 22.1. The van der Waals surface area contributed by atoms with E-state index in [9.17, 15) is 14.4 Å². The summed E-state index contributed by atoms with van der Waals surface area (Å²) < 4.78 is 13.1. The zero-order valence-corrected chi connectivity index (χ0v) is 46.2. The van der Waals surface area contributed by atoms with Gasteiger partial charge in [0.25, 0.3) is 5.91 Å². The Kier molecular flexibility index (Phi) is 18.0. The number of benzene rings is 6. The second-order valence-electron chi connectivity index (χ2n) is 21.9. The van der Waals surface area contributed by atoms with Crippen LogP contribution in [0.5, 0.6) is 0 Å². The monoisotopic (exact) mass is 1060 g/mol. The zero-order chi connectivity index (χ0) is 53.8. The summed E-state index contributed by atoms with van der Waals surface area (Å²) in [5.41, 5.74) is 7.50. The number of halogens is 2. The van der Waals surface area contributed by atoms with Gasteiger partial charge in [0.2, 0.25) is 0 Å². The molecule has 9 nitrogen and oxygen atoms in total. The van der Waals surface area contributed by atoms with Crippen molar-refractivity contribution in [1.82, 2.24) is 15.5 Å². The van der Waals surface area contributed by atoms with E-state index in [1.165, 1.54) is 5.56 Å². The molecule has 0 fully saturated rings. The Labute approximate surface area is 458 Å². The predicted molar refractivity (Wildman–Crippen MR) is 315 cm³/mol. The molecule has 0 radical (unpaired) electrons. The fourth-order valence-electron chi connectivity index (χ4n) is 9.84. The fraction of sp³-hybridized carbons (Fsp3) is 0.323. The van der Waals surface area contributed by atoms with Crippen molar-refractivity contribution in [2.75, 3.05) is 13.1 Å². The first kappa shape index (κ1) is 56.9. The molecule has 11 heteroatoms. The predicted octanol–water partition coefficient (Wildman–Crippen LogP) is 15.1. The van der Waals surface area contributed by atoms with Gasteiger partial charge >= 0.3 is 0 Å². The lowest BCUT2D eigenvalue weighted by Crippen LogP contribution is -2.51. The molecule has 3 heterocycles. The van der Waals surface area contributed by atoms with E-state index in [1.54, 1.807) is 36.4 Å². The fourth-order valence-corrected chi connectivity index (χ4v) is 10.2. The van der Waals surface area contributed by atoms with Gasteiger partial charge in [-0.05, 0) is 101 Å². The summed E-state index contributed by atoms with van der Waals surface area (Å²) in [6.07, 6.45) is 0.948. The summed E-state index contributed by atoms with van der Waals surface area (Å²) in [7, 11) is 0. The quantitative estimate of drug-likeness (QED) is 0.105. The van der Waals surface area contributed by atoms with Crippen LogP contribution in [0.1, 0.15) is 136 Å². The molecule has 0 aliphatic carbocycles. The minimum absolute atomic E-state index is 0. The Hall–Kier alpha value is -6.78. The molecule has 8 aromatic rings. The van der Waals surface area contributed by atoms with Crippen molar-refractivity contribution in [3.8, 4) is 0 Å². The van der Waals surface area contributed by atoms with Crippen LogP contribution in [0.3, 0.4) is 0 Å². The Bertz CT molecular complexity index is 3460. The van der Waals surface area contributed by atoms with E-state index in [0.717, 1.165) is 34.6 Å². The topological polar surface area (TPSA) is 117 Å². The lowest BCUT2D eigenvalue weighted by atomic mass is 9.91. The Morgan fingerprint density at radius 3 is 1.63 bits per heavy atom. The minimum Gasteiger partial charge on any atom is -0.459 e.